The largest absolute Gasteiger partial charge is 0.326 e. The van der Waals surface area contributed by atoms with Crippen LogP contribution < -0.4 is 10.2 Å². The van der Waals surface area contributed by atoms with Crippen LogP contribution >= 0.6 is 0 Å². The van der Waals surface area contributed by atoms with Gasteiger partial charge < -0.3 is 5.32 Å². The van der Waals surface area contributed by atoms with Gasteiger partial charge in [-0.25, -0.2) is 4.79 Å². The van der Waals surface area contributed by atoms with Crippen molar-refractivity contribution in [2.24, 2.45) is 0 Å². The molecule has 0 unspecified atom stereocenters. The topological polar surface area (TPSA) is 49.4 Å². The molecule has 4 nitrogen and oxygen atoms in total. The van der Waals surface area contributed by atoms with Crippen LogP contribution in [0.2, 0.25) is 0 Å². The molecule has 2 rings (SSSR count). The number of benzene rings is 2. The molecule has 0 heterocycles. The van der Waals surface area contributed by atoms with Gasteiger partial charge in [-0.3, -0.25) is 9.69 Å². The number of nitrogens with zero attached hydrogens (tertiary/aromatic N) is 1. The van der Waals surface area contributed by atoms with Gasteiger partial charge in [0.05, 0.1) is 5.69 Å². The van der Waals surface area contributed by atoms with Crippen LogP contribution in [0.15, 0.2) is 48.5 Å². The number of carbonyl (C=O) groups excluding carboxylic acids is 2. The monoisotopic (exact) mass is 324 g/mol. The van der Waals surface area contributed by atoms with Crippen molar-refractivity contribution >= 4 is 23.2 Å². The molecule has 0 aliphatic carbocycles. The van der Waals surface area contributed by atoms with Crippen LogP contribution in [0.1, 0.15) is 43.6 Å². The first-order chi connectivity index (χ1) is 11.2. The Morgan fingerprint density at radius 3 is 2.12 bits per heavy atom. The van der Waals surface area contributed by atoms with Gasteiger partial charge in [0.1, 0.15) is 0 Å². The number of hydrogen-bond acceptors (Lipinski definition) is 2. The minimum atomic E-state index is -0.277. The minimum Gasteiger partial charge on any atom is -0.308 e. The molecule has 0 spiro atoms. The number of nitrogens with one attached hydrogen (secondary N) is 1. The summed E-state index contributed by atoms with van der Waals surface area (Å²) in [4.78, 5) is 26.3. The Balaban J connectivity index is 2.45. The van der Waals surface area contributed by atoms with Crippen molar-refractivity contribution in [3.05, 3.63) is 59.7 Å². The Labute approximate surface area is 143 Å². The van der Waals surface area contributed by atoms with Crippen molar-refractivity contribution in [2.75, 3.05) is 17.3 Å². The van der Waals surface area contributed by atoms with Gasteiger partial charge in [0.25, 0.3) is 0 Å². The molecule has 0 saturated heterocycles. The lowest BCUT2D eigenvalue weighted by molar-refractivity contribution is 0.101. The fraction of sp³-hybridized carbons (Fsp3) is 0.300. The van der Waals surface area contributed by atoms with E-state index >= 15 is 0 Å². The smallest absolute Gasteiger partial charge is 0.308 e. The summed E-state index contributed by atoms with van der Waals surface area (Å²) in [6, 6.07) is 14.6. The first kappa shape index (κ1) is 17.7. The summed E-state index contributed by atoms with van der Waals surface area (Å²) in [6.45, 7) is 7.73. The van der Waals surface area contributed by atoms with Crippen molar-refractivity contribution < 1.29 is 9.59 Å². The zero-order chi connectivity index (χ0) is 17.9. The quantitative estimate of drug-likeness (QED) is 0.820. The highest BCUT2D eigenvalue weighted by molar-refractivity contribution is 6.08. The van der Waals surface area contributed by atoms with E-state index in [1.54, 1.807) is 13.1 Å². The maximum atomic E-state index is 12.7. The molecule has 0 saturated carbocycles. The van der Waals surface area contributed by atoms with E-state index in [4.69, 9.17) is 0 Å². The number of ketones is 1. The highest BCUT2D eigenvalue weighted by atomic mass is 16.2. The Hall–Kier alpha value is -2.62. The summed E-state index contributed by atoms with van der Waals surface area (Å²) in [5, 5.41) is 2.86. The molecule has 2 amide bonds. The van der Waals surface area contributed by atoms with Gasteiger partial charge in [0.2, 0.25) is 0 Å². The number of Topliss-reactive ketones (excluding diaryl/α,β-unsaturated/α-hetero) is 1. The molecular formula is C20H24N2O2. The molecule has 126 valence electrons. The Morgan fingerprint density at radius 1 is 0.958 bits per heavy atom. The predicted octanol–water partition coefficient (Wildman–Crippen LogP) is 4.86. The van der Waals surface area contributed by atoms with Crippen LogP contribution in [0, 0.1) is 0 Å². The van der Waals surface area contributed by atoms with Crippen LogP contribution in [-0.2, 0) is 5.41 Å². The second-order valence-corrected chi connectivity index (χ2v) is 6.86. The number of urea groups is 1. The number of amides is 2. The van der Waals surface area contributed by atoms with Crippen molar-refractivity contribution in [3.8, 4) is 0 Å². The van der Waals surface area contributed by atoms with E-state index in [9.17, 15) is 9.59 Å². The first-order valence-corrected chi connectivity index (χ1v) is 7.96. The van der Waals surface area contributed by atoms with Crippen molar-refractivity contribution in [1.29, 1.82) is 0 Å². The molecule has 0 fully saturated rings. The zero-order valence-corrected chi connectivity index (χ0v) is 14.9. The average Bonchev–Trinajstić information content (AvgIpc) is 2.53. The molecular weight excluding hydrogens is 300 g/mol. The SMILES string of the molecule is CC(=O)c1cccc(C(C)(C)C)c1N(C)C(=O)Nc1ccccc1. The predicted molar refractivity (Wildman–Crippen MR) is 99.0 cm³/mol. The van der Waals surface area contributed by atoms with Crippen molar-refractivity contribution in [1.82, 2.24) is 0 Å². The number of hydrogen-bond donors (Lipinski definition) is 1. The molecule has 1 N–H and O–H groups in total. The van der Waals surface area contributed by atoms with E-state index < -0.39 is 0 Å². The summed E-state index contributed by atoms with van der Waals surface area (Å²) >= 11 is 0. The van der Waals surface area contributed by atoms with E-state index in [0.29, 0.717) is 16.9 Å². The lowest BCUT2D eigenvalue weighted by atomic mass is 9.83. The van der Waals surface area contributed by atoms with Crippen molar-refractivity contribution in [2.45, 2.75) is 33.1 Å². The van der Waals surface area contributed by atoms with E-state index in [0.717, 1.165) is 5.56 Å². The van der Waals surface area contributed by atoms with E-state index in [1.807, 2.05) is 42.5 Å². The van der Waals surface area contributed by atoms with Gasteiger partial charge in [-0.1, -0.05) is 51.1 Å². The van der Waals surface area contributed by atoms with E-state index in [1.165, 1.54) is 11.8 Å². The fourth-order valence-electron chi connectivity index (χ4n) is 2.62. The van der Waals surface area contributed by atoms with Gasteiger partial charge in [-0.2, -0.15) is 0 Å². The van der Waals surface area contributed by atoms with Crippen LogP contribution in [0.4, 0.5) is 16.2 Å². The third kappa shape index (κ3) is 3.82. The summed E-state index contributed by atoms with van der Waals surface area (Å²) in [6.07, 6.45) is 0. The molecule has 24 heavy (non-hydrogen) atoms. The summed E-state index contributed by atoms with van der Waals surface area (Å²) in [7, 11) is 1.69. The van der Waals surface area contributed by atoms with Crippen molar-refractivity contribution in [3.63, 3.8) is 0 Å². The fourth-order valence-corrected chi connectivity index (χ4v) is 2.62. The molecule has 0 radical (unpaired) electrons. The third-order valence-corrected chi connectivity index (χ3v) is 3.89. The number of para-hydroxylation sites is 2. The zero-order valence-electron chi connectivity index (χ0n) is 14.9. The second kappa shape index (κ2) is 6.87. The molecule has 0 bridgehead atoms. The van der Waals surface area contributed by atoms with Gasteiger partial charge in [0, 0.05) is 18.3 Å². The molecule has 4 heteroatoms. The number of rotatable bonds is 3. The van der Waals surface area contributed by atoms with Crippen LogP contribution in [0.3, 0.4) is 0 Å². The van der Waals surface area contributed by atoms with Crippen LogP contribution in [0.25, 0.3) is 0 Å². The molecule has 0 aliphatic rings. The molecule has 0 atom stereocenters. The Bertz CT molecular complexity index is 746. The lowest BCUT2D eigenvalue weighted by Crippen LogP contribution is -2.34. The summed E-state index contributed by atoms with van der Waals surface area (Å²) in [5.74, 6) is -0.0598. The van der Waals surface area contributed by atoms with E-state index in [-0.39, 0.29) is 17.2 Å². The lowest BCUT2D eigenvalue weighted by Gasteiger charge is -2.29. The number of carbonyl (C=O) groups is 2. The van der Waals surface area contributed by atoms with Gasteiger partial charge in [-0.15, -0.1) is 0 Å². The minimum absolute atomic E-state index is 0.0598. The highest BCUT2D eigenvalue weighted by Crippen LogP contribution is 2.35. The maximum absolute atomic E-state index is 12.7. The third-order valence-electron chi connectivity index (χ3n) is 3.89. The average molecular weight is 324 g/mol. The molecule has 0 aliphatic heterocycles. The first-order valence-electron chi connectivity index (χ1n) is 7.96. The Morgan fingerprint density at radius 2 is 1.58 bits per heavy atom. The molecule has 2 aromatic rings. The van der Waals surface area contributed by atoms with Gasteiger partial charge in [-0.05, 0) is 36.1 Å². The maximum Gasteiger partial charge on any atom is 0.326 e. The standard InChI is InChI=1S/C20H24N2O2/c1-14(23)16-12-9-13-17(20(2,3)4)18(16)22(5)19(24)21-15-10-7-6-8-11-15/h6-13H,1-5H3,(H,21,24). The van der Waals surface area contributed by atoms with Crippen LogP contribution in [-0.4, -0.2) is 18.9 Å². The van der Waals surface area contributed by atoms with Gasteiger partial charge >= 0.3 is 6.03 Å². The number of anilines is 2. The molecule has 2 aromatic carbocycles. The van der Waals surface area contributed by atoms with Crippen LogP contribution in [0.5, 0.6) is 0 Å². The normalized spacial score (nSPS) is 11.0. The van der Waals surface area contributed by atoms with Gasteiger partial charge in [0.15, 0.2) is 5.78 Å². The Kier molecular flexibility index (Phi) is 5.07. The van der Waals surface area contributed by atoms with E-state index in [2.05, 4.69) is 26.1 Å². The highest BCUT2D eigenvalue weighted by Gasteiger charge is 2.26. The summed E-state index contributed by atoms with van der Waals surface area (Å²) < 4.78 is 0. The summed E-state index contributed by atoms with van der Waals surface area (Å²) in [5.41, 5.74) is 2.69. The second-order valence-electron chi connectivity index (χ2n) is 6.86. The molecule has 0 aromatic heterocycles.